The Morgan fingerprint density at radius 2 is 1.95 bits per heavy atom. The summed E-state index contributed by atoms with van der Waals surface area (Å²) < 4.78 is 5.19. The standard InChI is InChI=1S/C17H24N2O3/c1-3-12(2)15(16(20)18-14-9-10-14)19-17(21)22-11-13-7-5-4-6-8-13/h4-8,12,14-15H,3,9-11H2,1-2H3,(H,18,20)(H,19,21)/t12-,15+/m0/s1. The normalized spacial score (nSPS) is 16.5. The largest absolute Gasteiger partial charge is 0.445 e. The molecule has 2 atom stereocenters. The Kier molecular flexibility index (Phi) is 5.81. The Morgan fingerprint density at radius 3 is 2.55 bits per heavy atom. The SMILES string of the molecule is CC[C@H](C)[C@@H](NC(=O)OCc1ccccc1)C(=O)NC1CC1. The Bertz CT molecular complexity index is 500. The number of hydrogen-bond acceptors (Lipinski definition) is 3. The molecule has 2 N–H and O–H groups in total. The van der Waals surface area contributed by atoms with Crippen LogP contribution >= 0.6 is 0 Å². The molecule has 120 valence electrons. The van der Waals surface area contributed by atoms with Crippen LogP contribution in [0.3, 0.4) is 0 Å². The number of alkyl carbamates (subject to hydrolysis) is 1. The average Bonchev–Trinajstić information content (AvgIpc) is 3.34. The molecule has 0 spiro atoms. The second kappa shape index (κ2) is 7.82. The van der Waals surface area contributed by atoms with Gasteiger partial charge in [0, 0.05) is 6.04 Å². The second-order valence-corrected chi connectivity index (χ2v) is 5.85. The third-order valence-electron chi connectivity index (χ3n) is 3.91. The number of amides is 2. The zero-order valence-electron chi connectivity index (χ0n) is 13.2. The van der Waals surface area contributed by atoms with Gasteiger partial charge < -0.3 is 15.4 Å². The maximum Gasteiger partial charge on any atom is 0.408 e. The van der Waals surface area contributed by atoms with Gasteiger partial charge in [0.15, 0.2) is 0 Å². The van der Waals surface area contributed by atoms with Crippen LogP contribution in [-0.2, 0) is 16.1 Å². The van der Waals surface area contributed by atoms with Crippen LogP contribution in [-0.4, -0.2) is 24.1 Å². The number of carbonyl (C=O) groups excluding carboxylic acids is 2. The number of rotatable bonds is 7. The molecule has 0 bridgehead atoms. The number of nitrogens with one attached hydrogen (secondary N) is 2. The van der Waals surface area contributed by atoms with E-state index in [9.17, 15) is 9.59 Å². The van der Waals surface area contributed by atoms with Crippen LogP contribution < -0.4 is 10.6 Å². The Morgan fingerprint density at radius 1 is 1.27 bits per heavy atom. The number of hydrogen-bond donors (Lipinski definition) is 2. The number of ether oxygens (including phenoxy) is 1. The molecule has 2 amide bonds. The molecular weight excluding hydrogens is 280 g/mol. The molecule has 2 rings (SSSR count). The van der Waals surface area contributed by atoms with Crippen LogP contribution in [0.15, 0.2) is 30.3 Å². The fourth-order valence-electron chi connectivity index (χ4n) is 2.11. The molecule has 1 saturated carbocycles. The molecular formula is C17H24N2O3. The minimum absolute atomic E-state index is 0.0584. The summed E-state index contributed by atoms with van der Waals surface area (Å²) >= 11 is 0. The lowest BCUT2D eigenvalue weighted by Crippen LogP contribution is -2.50. The summed E-state index contributed by atoms with van der Waals surface area (Å²) in [5, 5.41) is 5.64. The van der Waals surface area contributed by atoms with Gasteiger partial charge >= 0.3 is 6.09 Å². The van der Waals surface area contributed by atoms with Crippen LogP contribution in [0.5, 0.6) is 0 Å². The highest BCUT2D eigenvalue weighted by Crippen LogP contribution is 2.19. The second-order valence-electron chi connectivity index (χ2n) is 5.85. The summed E-state index contributed by atoms with van der Waals surface area (Å²) in [5.41, 5.74) is 0.917. The lowest BCUT2D eigenvalue weighted by Gasteiger charge is -2.23. The first-order chi connectivity index (χ1) is 10.6. The van der Waals surface area contributed by atoms with Crippen molar-refractivity contribution in [2.75, 3.05) is 0 Å². The quantitative estimate of drug-likeness (QED) is 0.813. The van der Waals surface area contributed by atoms with Gasteiger partial charge in [-0.15, -0.1) is 0 Å². The molecule has 0 radical (unpaired) electrons. The van der Waals surface area contributed by atoms with E-state index >= 15 is 0 Å². The molecule has 0 unspecified atom stereocenters. The van der Waals surface area contributed by atoms with Gasteiger partial charge in [-0.25, -0.2) is 4.79 Å². The lowest BCUT2D eigenvalue weighted by molar-refractivity contribution is -0.124. The van der Waals surface area contributed by atoms with E-state index in [0.29, 0.717) is 0 Å². The van der Waals surface area contributed by atoms with Crippen LogP contribution in [0.2, 0.25) is 0 Å². The van der Waals surface area contributed by atoms with Crippen molar-refractivity contribution in [2.24, 2.45) is 5.92 Å². The van der Waals surface area contributed by atoms with Crippen molar-refractivity contribution >= 4 is 12.0 Å². The van der Waals surface area contributed by atoms with Crippen LogP contribution in [0.1, 0.15) is 38.7 Å². The molecule has 1 aromatic carbocycles. The first-order valence-corrected chi connectivity index (χ1v) is 7.87. The Hall–Kier alpha value is -2.04. The number of benzene rings is 1. The van der Waals surface area contributed by atoms with Gasteiger partial charge in [-0.3, -0.25) is 4.79 Å². The van der Waals surface area contributed by atoms with Crippen molar-refractivity contribution in [3.05, 3.63) is 35.9 Å². The van der Waals surface area contributed by atoms with Crippen molar-refractivity contribution in [1.29, 1.82) is 0 Å². The van der Waals surface area contributed by atoms with Gasteiger partial charge in [-0.2, -0.15) is 0 Å². The van der Waals surface area contributed by atoms with Crippen molar-refractivity contribution in [3.8, 4) is 0 Å². The third-order valence-corrected chi connectivity index (χ3v) is 3.91. The van der Waals surface area contributed by atoms with E-state index in [1.807, 2.05) is 44.2 Å². The third kappa shape index (κ3) is 5.06. The summed E-state index contributed by atoms with van der Waals surface area (Å²) in [6, 6.07) is 9.20. The highest BCUT2D eigenvalue weighted by molar-refractivity contribution is 5.86. The molecule has 5 nitrogen and oxygen atoms in total. The summed E-state index contributed by atoms with van der Waals surface area (Å²) in [5.74, 6) is -0.0588. The lowest BCUT2D eigenvalue weighted by atomic mass is 9.98. The molecule has 1 aliphatic carbocycles. The molecule has 1 fully saturated rings. The van der Waals surface area contributed by atoms with Gasteiger partial charge in [0.2, 0.25) is 5.91 Å². The highest BCUT2D eigenvalue weighted by Gasteiger charge is 2.31. The van der Waals surface area contributed by atoms with Crippen LogP contribution in [0, 0.1) is 5.92 Å². The molecule has 0 aromatic heterocycles. The van der Waals surface area contributed by atoms with E-state index in [4.69, 9.17) is 4.74 Å². The summed E-state index contributed by atoms with van der Waals surface area (Å²) in [4.78, 5) is 24.2. The number of carbonyl (C=O) groups is 2. The molecule has 0 saturated heterocycles. The van der Waals surface area contributed by atoms with Gasteiger partial charge in [0.05, 0.1) is 0 Å². The molecule has 1 aliphatic rings. The fraction of sp³-hybridized carbons (Fsp3) is 0.529. The van der Waals surface area contributed by atoms with E-state index in [1.54, 1.807) is 0 Å². The molecule has 5 heteroatoms. The summed E-state index contributed by atoms with van der Waals surface area (Å²) in [7, 11) is 0. The zero-order chi connectivity index (χ0) is 15.9. The monoisotopic (exact) mass is 304 g/mol. The van der Waals surface area contributed by atoms with E-state index in [1.165, 1.54) is 0 Å². The maximum atomic E-state index is 12.2. The van der Waals surface area contributed by atoms with Crippen LogP contribution in [0.25, 0.3) is 0 Å². The molecule has 1 aromatic rings. The molecule has 0 aliphatic heterocycles. The minimum atomic E-state index is -0.555. The maximum absolute atomic E-state index is 12.2. The van der Waals surface area contributed by atoms with Crippen molar-refractivity contribution in [1.82, 2.24) is 10.6 Å². The van der Waals surface area contributed by atoms with Crippen LogP contribution in [0.4, 0.5) is 4.79 Å². The van der Waals surface area contributed by atoms with E-state index in [0.717, 1.165) is 24.8 Å². The smallest absolute Gasteiger partial charge is 0.408 e. The zero-order valence-corrected chi connectivity index (χ0v) is 13.2. The van der Waals surface area contributed by atoms with E-state index in [2.05, 4.69) is 10.6 Å². The van der Waals surface area contributed by atoms with Gasteiger partial charge in [-0.05, 0) is 24.3 Å². The van der Waals surface area contributed by atoms with Gasteiger partial charge in [0.1, 0.15) is 12.6 Å². The fourth-order valence-corrected chi connectivity index (χ4v) is 2.11. The predicted molar refractivity (Wildman–Crippen MR) is 84.2 cm³/mol. The minimum Gasteiger partial charge on any atom is -0.445 e. The predicted octanol–water partition coefficient (Wildman–Crippen LogP) is 2.61. The van der Waals surface area contributed by atoms with E-state index < -0.39 is 12.1 Å². The van der Waals surface area contributed by atoms with Gasteiger partial charge in [0.25, 0.3) is 0 Å². The van der Waals surface area contributed by atoms with Crippen molar-refractivity contribution in [2.45, 2.75) is 51.8 Å². The summed E-state index contributed by atoms with van der Waals surface area (Å²) in [6.45, 7) is 4.15. The van der Waals surface area contributed by atoms with Crippen molar-refractivity contribution in [3.63, 3.8) is 0 Å². The van der Waals surface area contributed by atoms with Gasteiger partial charge in [-0.1, -0.05) is 50.6 Å². The highest BCUT2D eigenvalue weighted by atomic mass is 16.5. The topological polar surface area (TPSA) is 67.4 Å². The van der Waals surface area contributed by atoms with E-state index in [-0.39, 0.29) is 24.5 Å². The Labute approximate surface area is 131 Å². The Balaban J connectivity index is 1.85. The first kappa shape index (κ1) is 16.3. The average molecular weight is 304 g/mol. The molecule has 0 heterocycles. The summed E-state index contributed by atoms with van der Waals surface area (Å²) in [6.07, 6.45) is 2.30. The van der Waals surface area contributed by atoms with Crippen molar-refractivity contribution < 1.29 is 14.3 Å². The first-order valence-electron chi connectivity index (χ1n) is 7.87. The molecule has 22 heavy (non-hydrogen) atoms.